The predicted octanol–water partition coefficient (Wildman–Crippen LogP) is 4.24. The Kier molecular flexibility index (Phi) is 9.17. The van der Waals surface area contributed by atoms with Gasteiger partial charge in [-0.05, 0) is 68.9 Å². The van der Waals surface area contributed by atoms with E-state index in [-0.39, 0.29) is 25.0 Å². The van der Waals surface area contributed by atoms with Crippen molar-refractivity contribution in [1.29, 1.82) is 0 Å². The number of aryl methyl sites for hydroxylation is 3. The molecule has 1 aliphatic carbocycles. The van der Waals surface area contributed by atoms with Crippen LogP contribution in [0.15, 0.2) is 42.5 Å². The summed E-state index contributed by atoms with van der Waals surface area (Å²) in [6.45, 7) is 7.50. The number of benzene rings is 2. The number of hydrogen-bond acceptors (Lipinski definition) is 4. The molecular formula is C28H39N3O4S. The van der Waals surface area contributed by atoms with Gasteiger partial charge < -0.3 is 10.2 Å². The molecule has 0 aromatic heterocycles. The second-order valence-electron chi connectivity index (χ2n) is 10.0. The van der Waals surface area contributed by atoms with Crippen LogP contribution < -0.4 is 9.62 Å². The van der Waals surface area contributed by atoms with E-state index >= 15 is 0 Å². The summed E-state index contributed by atoms with van der Waals surface area (Å²) < 4.78 is 26.7. The molecule has 0 radical (unpaired) electrons. The molecule has 0 saturated heterocycles. The summed E-state index contributed by atoms with van der Waals surface area (Å²) in [4.78, 5) is 28.7. The van der Waals surface area contributed by atoms with Crippen LogP contribution in [-0.2, 0) is 26.2 Å². The van der Waals surface area contributed by atoms with Crippen LogP contribution >= 0.6 is 0 Å². The first kappa shape index (κ1) is 27.7. The summed E-state index contributed by atoms with van der Waals surface area (Å²) in [5.74, 6) is -0.587. The average molecular weight is 514 g/mol. The number of amides is 2. The molecule has 36 heavy (non-hydrogen) atoms. The van der Waals surface area contributed by atoms with Crippen LogP contribution in [0.1, 0.15) is 61.3 Å². The topological polar surface area (TPSA) is 86.8 Å². The molecule has 7 nitrogen and oxygen atoms in total. The second kappa shape index (κ2) is 11.9. The van der Waals surface area contributed by atoms with Gasteiger partial charge in [0.25, 0.3) is 0 Å². The lowest BCUT2D eigenvalue weighted by Gasteiger charge is -2.33. The molecule has 2 aromatic carbocycles. The highest BCUT2D eigenvalue weighted by atomic mass is 32.2. The molecule has 0 aliphatic heterocycles. The van der Waals surface area contributed by atoms with E-state index in [9.17, 15) is 18.0 Å². The Bertz CT molecular complexity index is 1150. The summed E-state index contributed by atoms with van der Waals surface area (Å²) in [6, 6.07) is 12.7. The van der Waals surface area contributed by atoms with E-state index in [1.54, 1.807) is 12.1 Å². The molecule has 0 heterocycles. The van der Waals surface area contributed by atoms with E-state index in [0.29, 0.717) is 12.1 Å². The van der Waals surface area contributed by atoms with Crippen molar-refractivity contribution < 1.29 is 18.0 Å². The fraction of sp³-hybridized carbons (Fsp3) is 0.500. The van der Waals surface area contributed by atoms with Crippen LogP contribution in [0.5, 0.6) is 0 Å². The van der Waals surface area contributed by atoms with Crippen molar-refractivity contribution in [2.75, 3.05) is 17.1 Å². The van der Waals surface area contributed by atoms with Gasteiger partial charge in [-0.2, -0.15) is 0 Å². The molecule has 1 atom stereocenters. The molecule has 8 heteroatoms. The van der Waals surface area contributed by atoms with Crippen molar-refractivity contribution in [3.05, 3.63) is 64.7 Å². The lowest BCUT2D eigenvalue weighted by Crippen LogP contribution is -2.53. The first-order valence-electron chi connectivity index (χ1n) is 12.7. The molecule has 0 unspecified atom stereocenters. The van der Waals surface area contributed by atoms with Crippen molar-refractivity contribution in [3.63, 3.8) is 0 Å². The maximum absolute atomic E-state index is 13.8. The minimum atomic E-state index is -3.74. The van der Waals surface area contributed by atoms with Gasteiger partial charge in [-0.1, -0.05) is 55.7 Å². The van der Waals surface area contributed by atoms with Gasteiger partial charge in [0.2, 0.25) is 21.8 Å². The number of rotatable bonds is 10. The van der Waals surface area contributed by atoms with Crippen LogP contribution in [0.3, 0.4) is 0 Å². The van der Waals surface area contributed by atoms with Gasteiger partial charge in [0.1, 0.15) is 12.6 Å². The summed E-state index contributed by atoms with van der Waals surface area (Å²) in [6.07, 6.45) is 5.61. The van der Waals surface area contributed by atoms with Crippen molar-refractivity contribution >= 4 is 27.5 Å². The smallest absolute Gasteiger partial charge is 0.244 e. The van der Waals surface area contributed by atoms with E-state index in [1.807, 2.05) is 58.0 Å². The Hall–Kier alpha value is -2.87. The number of sulfonamides is 1. The molecule has 0 bridgehead atoms. The number of nitrogens with zero attached hydrogens (tertiary/aromatic N) is 2. The minimum absolute atomic E-state index is 0.130. The maximum Gasteiger partial charge on any atom is 0.244 e. The van der Waals surface area contributed by atoms with Crippen LogP contribution in [-0.4, -0.2) is 50.0 Å². The van der Waals surface area contributed by atoms with Gasteiger partial charge in [-0.3, -0.25) is 13.9 Å². The highest BCUT2D eigenvalue weighted by Crippen LogP contribution is 2.23. The fourth-order valence-corrected chi connectivity index (χ4v) is 5.72. The Balaban J connectivity index is 1.93. The van der Waals surface area contributed by atoms with Crippen molar-refractivity contribution in [3.8, 4) is 0 Å². The van der Waals surface area contributed by atoms with E-state index in [1.165, 1.54) is 4.90 Å². The number of anilines is 1. The minimum Gasteiger partial charge on any atom is -0.352 e. The van der Waals surface area contributed by atoms with E-state index in [4.69, 9.17) is 0 Å². The lowest BCUT2D eigenvalue weighted by atomic mass is 10.1. The predicted molar refractivity (Wildman–Crippen MR) is 144 cm³/mol. The first-order valence-corrected chi connectivity index (χ1v) is 14.5. The summed E-state index contributed by atoms with van der Waals surface area (Å²) in [5, 5.41) is 3.13. The van der Waals surface area contributed by atoms with Gasteiger partial charge in [-0.25, -0.2) is 8.42 Å². The third kappa shape index (κ3) is 7.32. The van der Waals surface area contributed by atoms with Crippen molar-refractivity contribution in [2.45, 2.75) is 78.4 Å². The monoisotopic (exact) mass is 513 g/mol. The fourth-order valence-electron chi connectivity index (χ4n) is 4.89. The summed E-state index contributed by atoms with van der Waals surface area (Å²) >= 11 is 0. The third-order valence-electron chi connectivity index (χ3n) is 6.73. The highest BCUT2D eigenvalue weighted by Gasteiger charge is 2.33. The zero-order valence-corrected chi connectivity index (χ0v) is 22.9. The zero-order valence-electron chi connectivity index (χ0n) is 22.1. The van der Waals surface area contributed by atoms with Crippen molar-refractivity contribution in [2.24, 2.45) is 0 Å². The molecule has 1 N–H and O–H groups in total. The van der Waals surface area contributed by atoms with E-state index < -0.39 is 22.0 Å². The lowest BCUT2D eigenvalue weighted by molar-refractivity contribution is -0.140. The van der Waals surface area contributed by atoms with Crippen LogP contribution in [0.2, 0.25) is 0 Å². The average Bonchev–Trinajstić information content (AvgIpc) is 3.30. The van der Waals surface area contributed by atoms with Gasteiger partial charge in [0, 0.05) is 12.6 Å². The molecule has 2 aromatic rings. The second-order valence-corrected chi connectivity index (χ2v) is 11.9. The van der Waals surface area contributed by atoms with Crippen molar-refractivity contribution in [1.82, 2.24) is 10.2 Å². The Morgan fingerprint density at radius 2 is 1.56 bits per heavy atom. The van der Waals surface area contributed by atoms with Crippen LogP contribution in [0.4, 0.5) is 5.69 Å². The molecule has 1 fully saturated rings. The summed E-state index contributed by atoms with van der Waals surface area (Å²) in [5.41, 5.74) is 4.25. The normalized spacial score (nSPS) is 14.9. The molecule has 3 rings (SSSR count). The van der Waals surface area contributed by atoms with Gasteiger partial charge in [-0.15, -0.1) is 0 Å². The quantitative estimate of drug-likeness (QED) is 0.515. The molecule has 196 valence electrons. The SMILES string of the molecule is CC[C@@H](C(=O)NC1CCCC1)N(Cc1ccc(C)cc1)C(=O)CN(c1cc(C)cc(C)c1)S(C)(=O)=O. The number of carbonyl (C=O) groups excluding carboxylic acids is 2. The molecule has 1 saturated carbocycles. The highest BCUT2D eigenvalue weighted by molar-refractivity contribution is 7.92. The number of nitrogens with one attached hydrogen (secondary N) is 1. The first-order chi connectivity index (χ1) is 17.0. The number of hydrogen-bond donors (Lipinski definition) is 1. The van der Waals surface area contributed by atoms with E-state index in [2.05, 4.69) is 5.32 Å². The standard InChI is InChI=1S/C28H39N3O4S/c1-6-26(28(33)29-24-9-7-8-10-24)30(18-23-13-11-20(2)12-14-23)27(32)19-31(36(5,34)35)25-16-21(3)15-22(4)17-25/h11-17,24,26H,6-10,18-19H2,1-5H3,(H,29,33)/t26-/m0/s1. The Morgan fingerprint density at radius 1 is 0.972 bits per heavy atom. The molecule has 2 amide bonds. The maximum atomic E-state index is 13.8. The Morgan fingerprint density at radius 3 is 2.08 bits per heavy atom. The zero-order chi connectivity index (χ0) is 26.5. The third-order valence-corrected chi connectivity index (χ3v) is 7.88. The molecular weight excluding hydrogens is 474 g/mol. The molecule has 1 aliphatic rings. The van der Waals surface area contributed by atoms with Gasteiger partial charge in [0.05, 0.1) is 11.9 Å². The largest absolute Gasteiger partial charge is 0.352 e. The Labute approximate surface area is 215 Å². The van der Waals surface area contributed by atoms with Crippen LogP contribution in [0, 0.1) is 20.8 Å². The van der Waals surface area contributed by atoms with E-state index in [0.717, 1.165) is 58.5 Å². The van der Waals surface area contributed by atoms with Gasteiger partial charge >= 0.3 is 0 Å². The molecule has 0 spiro atoms. The summed E-state index contributed by atoms with van der Waals surface area (Å²) in [7, 11) is -3.74. The van der Waals surface area contributed by atoms with Gasteiger partial charge in [0.15, 0.2) is 0 Å². The van der Waals surface area contributed by atoms with Crippen LogP contribution in [0.25, 0.3) is 0 Å². The number of carbonyl (C=O) groups is 2.